The molecule has 1 aliphatic heterocycles. The molecule has 28 heavy (non-hydrogen) atoms. The van der Waals surface area contributed by atoms with Crippen LogP contribution in [0.5, 0.6) is 5.75 Å². The lowest BCUT2D eigenvalue weighted by atomic mass is 10.3. The van der Waals surface area contributed by atoms with Crippen molar-refractivity contribution in [2.45, 2.75) is 6.36 Å². The van der Waals surface area contributed by atoms with Gasteiger partial charge in [0.2, 0.25) is 0 Å². The van der Waals surface area contributed by atoms with Crippen molar-refractivity contribution in [1.29, 1.82) is 0 Å². The van der Waals surface area contributed by atoms with Gasteiger partial charge in [-0.15, -0.1) is 13.2 Å². The van der Waals surface area contributed by atoms with Crippen LogP contribution in [0.3, 0.4) is 0 Å². The monoisotopic (exact) mass is 421 g/mol. The third-order valence-corrected chi connectivity index (χ3v) is 4.52. The Bertz CT molecular complexity index is 650. The van der Waals surface area contributed by atoms with Crippen LogP contribution in [0, 0.1) is 0 Å². The number of carbonyl (C=O) groups excluding carboxylic acids is 1. The zero-order chi connectivity index (χ0) is 20.6. The van der Waals surface area contributed by atoms with Gasteiger partial charge < -0.3 is 29.9 Å². The molecule has 1 amide bonds. The van der Waals surface area contributed by atoms with E-state index in [4.69, 9.17) is 17.0 Å². The number of ether oxygens (including phenoxy) is 2. The van der Waals surface area contributed by atoms with Gasteiger partial charge in [0.05, 0.1) is 32.8 Å². The van der Waals surface area contributed by atoms with Crippen molar-refractivity contribution in [1.82, 2.24) is 10.2 Å². The Morgan fingerprint density at radius 2 is 1.89 bits per heavy atom. The summed E-state index contributed by atoms with van der Waals surface area (Å²) in [6, 6.07) is 5.06. The van der Waals surface area contributed by atoms with E-state index < -0.39 is 6.36 Å². The molecule has 0 aromatic heterocycles. The van der Waals surface area contributed by atoms with Crippen LogP contribution >= 0.6 is 12.2 Å². The van der Waals surface area contributed by atoms with Crippen LogP contribution in [0.2, 0.25) is 0 Å². The van der Waals surface area contributed by atoms with Gasteiger partial charge in [-0.3, -0.25) is 4.79 Å². The zero-order valence-electron chi connectivity index (χ0n) is 15.5. The average molecular weight is 421 g/mol. The Morgan fingerprint density at radius 1 is 1.25 bits per heavy atom. The number of carbonyl (C=O) groups is 1. The largest absolute Gasteiger partial charge is 0.573 e. The zero-order valence-corrected chi connectivity index (χ0v) is 16.3. The van der Waals surface area contributed by atoms with Crippen molar-refractivity contribution in [2.24, 2.45) is 0 Å². The molecule has 0 unspecified atom stereocenters. The van der Waals surface area contributed by atoms with Gasteiger partial charge in [0.15, 0.2) is 11.7 Å². The van der Waals surface area contributed by atoms with E-state index in [0.717, 1.165) is 43.2 Å². The van der Waals surface area contributed by atoms with Gasteiger partial charge in [-0.1, -0.05) is 0 Å². The van der Waals surface area contributed by atoms with Crippen molar-refractivity contribution < 1.29 is 32.3 Å². The second-order valence-electron chi connectivity index (χ2n) is 6.26. The van der Waals surface area contributed by atoms with Crippen molar-refractivity contribution in [3.05, 3.63) is 24.3 Å². The molecule has 1 aliphatic rings. The lowest BCUT2D eigenvalue weighted by molar-refractivity contribution is -0.895. The minimum Gasteiger partial charge on any atom is -0.406 e. The number of nitrogens with one attached hydrogen (secondary N) is 3. The fourth-order valence-electron chi connectivity index (χ4n) is 2.75. The number of piperazine rings is 1. The van der Waals surface area contributed by atoms with Crippen LogP contribution in [-0.4, -0.2) is 75.3 Å². The van der Waals surface area contributed by atoms with Crippen molar-refractivity contribution in [2.75, 3.05) is 58.3 Å². The number of quaternary nitrogens is 1. The Kier molecular flexibility index (Phi) is 8.27. The lowest BCUT2D eigenvalue weighted by Gasteiger charge is -2.33. The predicted molar refractivity (Wildman–Crippen MR) is 101 cm³/mol. The van der Waals surface area contributed by atoms with E-state index in [1.807, 2.05) is 0 Å². The van der Waals surface area contributed by atoms with E-state index in [0.29, 0.717) is 24.0 Å². The summed E-state index contributed by atoms with van der Waals surface area (Å²) in [6.45, 7) is 4.51. The Hall–Kier alpha value is -2.11. The van der Waals surface area contributed by atoms with Crippen molar-refractivity contribution in [3.8, 4) is 5.75 Å². The first-order valence-corrected chi connectivity index (χ1v) is 9.18. The smallest absolute Gasteiger partial charge is 0.406 e. The molecule has 1 saturated heterocycles. The number of hydrogen-bond donors (Lipinski definition) is 3. The number of halogens is 3. The normalized spacial score (nSPS) is 15.2. The number of thiocarbonyl (C=S) groups is 1. The number of amides is 1. The van der Waals surface area contributed by atoms with Crippen molar-refractivity contribution >= 4 is 28.9 Å². The highest BCUT2D eigenvalue weighted by Gasteiger charge is 2.31. The molecular weight excluding hydrogens is 397 g/mol. The number of anilines is 1. The number of methoxy groups -OCH3 is 1. The molecule has 0 bridgehead atoms. The highest BCUT2D eigenvalue weighted by atomic mass is 32.1. The summed E-state index contributed by atoms with van der Waals surface area (Å²) >= 11 is 5.33. The van der Waals surface area contributed by atoms with E-state index in [1.54, 1.807) is 7.11 Å². The Morgan fingerprint density at radius 3 is 2.46 bits per heavy atom. The van der Waals surface area contributed by atoms with Gasteiger partial charge in [-0.05, 0) is 36.5 Å². The van der Waals surface area contributed by atoms with Crippen molar-refractivity contribution in [3.63, 3.8) is 0 Å². The molecule has 0 aliphatic carbocycles. The van der Waals surface area contributed by atoms with Gasteiger partial charge >= 0.3 is 6.36 Å². The molecule has 7 nitrogen and oxygen atoms in total. The van der Waals surface area contributed by atoms with E-state index in [9.17, 15) is 18.0 Å². The fourth-order valence-corrected chi connectivity index (χ4v) is 3.03. The molecule has 1 heterocycles. The van der Waals surface area contributed by atoms with E-state index >= 15 is 0 Å². The molecule has 11 heteroatoms. The van der Waals surface area contributed by atoms with Gasteiger partial charge in [0, 0.05) is 19.3 Å². The summed E-state index contributed by atoms with van der Waals surface area (Å²) in [5.74, 6) is -0.531. The Balaban J connectivity index is 1.72. The van der Waals surface area contributed by atoms with E-state index in [2.05, 4.69) is 20.3 Å². The third kappa shape index (κ3) is 7.87. The quantitative estimate of drug-likeness (QED) is 0.433. The molecule has 1 aromatic carbocycles. The maximum Gasteiger partial charge on any atom is 0.573 e. The summed E-state index contributed by atoms with van der Waals surface area (Å²) in [5.41, 5.74) is 0.418. The molecule has 3 N–H and O–H groups in total. The van der Waals surface area contributed by atoms with E-state index in [-0.39, 0.29) is 18.2 Å². The summed E-state index contributed by atoms with van der Waals surface area (Å²) in [6.07, 6.45) is -4.74. The maximum absolute atomic E-state index is 12.2. The molecule has 2 rings (SSSR count). The van der Waals surface area contributed by atoms with Gasteiger partial charge in [0.1, 0.15) is 5.75 Å². The second-order valence-corrected chi connectivity index (χ2v) is 6.65. The average Bonchev–Trinajstić information content (AvgIpc) is 2.63. The van der Waals surface area contributed by atoms with Crippen LogP contribution < -0.4 is 20.3 Å². The van der Waals surface area contributed by atoms with Gasteiger partial charge in [-0.25, -0.2) is 0 Å². The molecule has 0 radical (unpaired) electrons. The molecule has 1 aromatic rings. The minimum atomic E-state index is -4.74. The van der Waals surface area contributed by atoms with Gasteiger partial charge in [0.25, 0.3) is 5.91 Å². The van der Waals surface area contributed by atoms with Crippen LogP contribution in [0.4, 0.5) is 18.9 Å². The lowest BCUT2D eigenvalue weighted by Crippen LogP contribution is -3.15. The first-order chi connectivity index (χ1) is 13.3. The van der Waals surface area contributed by atoms with Gasteiger partial charge in [-0.2, -0.15) is 0 Å². The molecular formula is C17H24F3N4O3S+. The molecule has 156 valence electrons. The first kappa shape index (κ1) is 22.2. The highest BCUT2D eigenvalue weighted by molar-refractivity contribution is 7.80. The second kappa shape index (κ2) is 10.4. The number of nitrogens with zero attached hydrogens (tertiary/aromatic N) is 1. The summed E-state index contributed by atoms with van der Waals surface area (Å²) in [7, 11) is 1.63. The predicted octanol–water partition coefficient (Wildman–Crippen LogP) is 0.245. The number of alkyl halides is 3. The SMILES string of the molecule is COCCNC(=S)N1CC[NH+](CC(=O)Nc2ccc(OC(F)(F)F)cc2)CC1. The summed E-state index contributed by atoms with van der Waals surface area (Å²) in [4.78, 5) is 15.4. The highest BCUT2D eigenvalue weighted by Crippen LogP contribution is 2.23. The maximum atomic E-state index is 12.2. The number of hydrogen-bond acceptors (Lipinski definition) is 4. The Labute approximate surface area is 166 Å². The first-order valence-electron chi connectivity index (χ1n) is 8.78. The molecule has 0 atom stereocenters. The topological polar surface area (TPSA) is 67.3 Å². The summed E-state index contributed by atoms with van der Waals surface area (Å²) in [5, 5.41) is 6.49. The minimum absolute atomic E-state index is 0.200. The van der Waals surface area contributed by atoms with Crippen LogP contribution in [-0.2, 0) is 9.53 Å². The van der Waals surface area contributed by atoms with Crippen LogP contribution in [0.15, 0.2) is 24.3 Å². The van der Waals surface area contributed by atoms with Crippen LogP contribution in [0.25, 0.3) is 0 Å². The van der Waals surface area contributed by atoms with E-state index in [1.165, 1.54) is 12.1 Å². The molecule has 0 spiro atoms. The molecule has 1 fully saturated rings. The van der Waals surface area contributed by atoms with Crippen LogP contribution in [0.1, 0.15) is 0 Å². The number of benzene rings is 1. The standard InChI is InChI=1S/C17H23F3N4O3S/c1-26-11-6-21-16(28)24-9-7-23(8-10-24)12-15(25)22-13-2-4-14(5-3-13)27-17(18,19)20/h2-5H,6-12H2,1H3,(H,21,28)(H,22,25)/p+1. The third-order valence-electron chi connectivity index (χ3n) is 4.12. The molecule has 0 saturated carbocycles. The number of rotatable bonds is 7. The fraction of sp³-hybridized carbons (Fsp3) is 0.529. The summed E-state index contributed by atoms with van der Waals surface area (Å²) < 4.78 is 45.2.